The van der Waals surface area contributed by atoms with E-state index in [2.05, 4.69) is 23.1 Å². The molecule has 0 atom stereocenters. The van der Waals surface area contributed by atoms with Crippen LogP contribution in [-0.4, -0.2) is 56.7 Å². The van der Waals surface area contributed by atoms with E-state index in [1.165, 1.54) is 12.8 Å². The van der Waals surface area contributed by atoms with E-state index in [0.717, 1.165) is 78.0 Å². The van der Waals surface area contributed by atoms with Gasteiger partial charge in [-0.3, -0.25) is 0 Å². The molecule has 0 amide bonds. The van der Waals surface area contributed by atoms with Crippen molar-refractivity contribution in [1.29, 1.82) is 0 Å². The second-order valence-electron chi connectivity index (χ2n) is 9.05. The van der Waals surface area contributed by atoms with Crippen LogP contribution in [0.3, 0.4) is 0 Å². The molecule has 2 aromatic heterocycles. The van der Waals surface area contributed by atoms with E-state index >= 15 is 0 Å². The molecule has 7 nitrogen and oxygen atoms in total. The monoisotopic (exact) mass is 451 g/mol. The van der Waals surface area contributed by atoms with E-state index in [1.807, 2.05) is 23.6 Å². The molecule has 1 saturated heterocycles. The Hall–Kier alpha value is -2.93. The first-order chi connectivity index (χ1) is 16.1. The van der Waals surface area contributed by atoms with E-state index in [-0.39, 0.29) is 0 Å². The second kappa shape index (κ2) is 9.14. The van der Waals surface area contributed by atoms with Crippen LogP contribution in [0.5, 0.6) is 17.4 Å². The van der Waals surface area contributed by atoms with Gasteiger partial charge in [0.2, 0.25) is 0 Å². The molecule has 7 heteroatoms. The largest absolute Gasteiger partial charge is 0.496 e. The molecule has 0 N–H and O–H groups in total. The molecule has 0 spiro atoms. The van der Waals surface area contributed by atoms with Gasteiger partial charge in [0.25, 0.3) is 5.88 Å². The van der Waals surface area contributed by atoms with Crippen molar-refractivity contribution >= 4 is 11.2 Å². The Bertz CT molecular complexity index is 1110. The molecule has 1 aromatic carbocycles. The standard InChI is InChI=1S/C26H33N3O4/c1-17-14-22(30-2)24(23(15-17)31-3)20-6-5-7-21-25(26(32-4)27-29(20)21)28(16-18-8-9-18)19-10-12-33-13-11-19/h5-7,14-15,18-19H,8-13,16H2,1-4H3. The normalized spacial score (nSPS) is 16.7. The average molecular weight is 452 g/mol. The van der Waals surface area contributed by atoms with Crippen LogP contribution in [0, 0.1) is 12.8 Å². The molecule has 3 aromatic rings. The Balaban J connectivity index is 1.70. The highest BCUT2D eigenvalue weighted by molar-refractivity contribution is 5.84. The van der Waals surface area contributed by atoms with Gasteiger partial charge in [-0.1, -0.05) is 6.07 Å². The van der Waals surface area contributed by atoms with Crippen molar-refractivity contribution in [3.63, 3.8) is 0 Å². The Morgan fingerprint density at radius 2 is 1.70 bits per heavy atom. The van der Waals surface area contributed by atoms with Gasteiger partial charge in [-0.15, -0.1) is 5.10 Å². The minimum atomic E-state index is 0.424. The molecule has 5 rings (SSSR count). The number of benzene rings is 1. The van der Waals surface area contributed by atoms with Crippen molar-refractivity contribution in [1.82, 2.24) is 9.61 Å². The van der Waals surface area contributed by atoms with Crippen LogP contribution in [0.15, 0.2) is 30.3 Å². The molecule has 0 unspecified atom stereocenters. The fraction of sp³-hybridized carbons (Fsp3) is 0.500. The number of hydrogen-bond acceptors (Lipinski definition) is 6. The zero-order valence-corrected chi connectivity index (χ0v) is 20.0. The van der Waals surface area contributed by atoms with Crippen molar-refractivity contribution in [2.75, 3.05) is 46.0 Å². The Labute approximate surface area is 195 Å². The lowest BCUT2D eigenvalue weighted by atomic mass is 10.0. The summed E-state index contributed by atoms with van der Waals surface area (Å²) in [5.74, 6) is 2.91. The summed E-state index contributed by atoms with van der Waals surface area (Å²) < 4.78 is 25.0. The Kier molecular flexibility index (Phi) is 6.06. The summed E-state index contributed by atoms with van der Waals surface area (Å²) in [5, 5.41) is 4.93. The number of ether oxygens (including phenoxy) is 4. The summed E-state index contributed by atoms with van der Waals surface area (Å²) in [6.07, 6.45) is 4.63. The fourth-order valence-electron chi connectivity index (χ4n) is 4.93. The number of pyridine rings is 1. The number of methoxy groups -OCH3 is 3. The van der Waals surface area contributed by atoms with Gasteiger partial charge in [0.1, 0.15) is 17.2 Å². The minimum absolute atomic E-state index is 0.424. The van der Waals surface area contributed by atoms with Gasteiger partial charge in [-0.05, 0) is 68.4 Å². The molecule has 176 valence electrons. The highest BCUT2D eigenvalue weighted by Gasteiger charge is 2.33. The summed E-state index contributed by atoms with van der Waals surface area (Å²) in [6.45, 7) is 4.67. The fourth-order valence-corrected chi connectivity index (χ4v) is 4.93. The van der Waals surface area contributed by atoms with Crippen LogP contribution >= 0.6 is 0 Å². The van der Waals surface area contributed by atoms with Crippen LogP contribution in [0.2, 0.25) is 0 Å². The third-order valence-electron chi connectivity index (χ3n) is 6.77. The minimum Gasteiger partial charge on any atom is -0.496 e. The molecule has 1 aliphatic heterocycles. The maximum absolute atomic E-state index is 5.86. The van der Waals surface area contributed by atoms with Crippen molar-refractivity contribution in [3.8, 4) is 28.6 Å². The molecule has 3 heterocycles. The molecular weight excluding hydrogens is 418 g/mol. The molecule has 0 bridgehead atoms. The highest BCUT2D eigenvalue weighted by Crippen LogP contribution is 2.44. The Morgan fingerprint density at radius 1 is 1.00 bits per heavy atom. The van der Waals surface area contributed by atoms with Crippen molar-refractivity contribution < 1.29 is 18.9 Å². The number of aromatic nitrogens is 2. The van der Waals surface area contributed by atoms with Gasteiger partial charge in [-0.25, -0.2) is 4.52 Å². The predicted octanol–water partition coefficient (Wildman–Crippen LogP) is 4.73. The lowest BCUT2D eigenvalue weighted by molar-refractivity contribution is 0.0841. The number of nitrogens with zero attached hydrogens (tertiary/aromatic N) is 3. The van der Waals surface area contributed by atoms with Crippen molar-refractivity contribution in [2.24, 2.45) is 5.92 Å². The summed E-state index contributed by atoms with van der Waals surface area (Å²) in [7, 11) is 5.09. The third kappa shape index (κ3) is 4.10. The lowest BCUT2D eigenvalue weighted by Gasteiger charge is -2.36. The van der Waals surface area contributed by atoms with Crippen LogP contribution in [0.1, 0.15) is 31.2 Å². The van der Waals surface area contributed by atoms with Crippen LogP contribution < -0.4 is 19.1 Å². The number of anilines is 1. The second-order valence-corrected chi connectivity index (χ2v) is 9.05. The van der Waals surface area contributed by atoms with E-state index < -0.39 is 0 Å². The highest BCUT2D eigenvalue weighted by atomic mass is 16.5. The van der Waals surface area contributed by atoms with Crippen LogP contribution in [0.4, 0.5) is 5.69 Å². The van der Waals surface area contributed by atoms with Crippen molar-refractivity contribution in [2.45, 2.75) is 38.6 Å². The summed E-state index contributed by atoms with van der Waals surface area (Å²) in [5.41, 5.74) is 4.97. The number of hydrogen-bond donors (Lipinski definition) is 0. The van der Waals surface area contributed by atoms with Gasteiger partial charge in [0, 0.05) is 25.8 Å². The zero-order chi connectivity index (χ0) is 22.9. The summed E-state index contributed by atoms with van der Waals surface area (Å²) in [6, 6.07) is 10.7. The SMILES string of the molecule is COc1cc(C)cc(OC)c1-c1cccc2c(N(CC3CC3)C3CCOCC3)c(OC)nn12. The first-order valence-corrected chi connectivity index (χ1v) is 11.8. The molecule has 0 radical (unpaired) electrons. The van der Waals surface area contributed by atoms with Gasteiger partial charge >= 0.3 is 0 Å². The van der Waals surface area contributed by atoms with Gasteiger partial charge < -0.3 is 23.8 Å². The van der Waals surface area contributed by atoms with E-state index in [9.17, 15) is 0 Å². The smallest absolute Gasteiger partial charge is 0.257 e. The number of aryl methyl sites for hydroxylation is 1. The van der Waals surface area contributed by atoms with Crippen LogP contribution in [-0.2, 0) is 4.74 Å². The van der Waals surface area contributed by atoms with E-state index in [4.69, 9.17) is 24.0 Å². The van der Waals surface area contributed by atoms with Gasteiger partial charge in [0.05, 0.1) is 38.1 Å². The first kappa shape index (κ1) is 21.9. The van der Waals surface area contributed by atoms with Gasteiger partial charge in [-0.2, -0.15) is 0 Å². The maximum Gasteiger partial charge on any atom is 0.257 e. The lowest BCUT2D eigenvalue weighted by Crippen LogP contribution is -2.41. The topological polar surface area (TPSA) is 57.5 Å². The molecule has 1 aliphatic carbocycles. The molecule has 33 heavy (non-hydrogen) atoms. The quantitative estimate of drug-likeness (QED) is 0.494. The predicted molar refractivity (Wildman–Crippen MR) is 129 cm³/mol. The molecule has 2 fully saturated rings. The molecule has 1 saturated carbocycles. The van der Waals surface area contributed by atoms with Crippen LogP contribution in [0.25, 0.3) is 16.8 Å². The summed E-state index contributed by atoms with van der Waals surface area (Å²) in [4.78, 5) is 2.54. The summed E-state index contributed by atoms with van der Waals surface area (Å²) >= 11 is 0. The maximum atomic E-state index is 5.86. The first-order valence-electron chi connectivity index (χ1n) is 11.8. The average Bonchev–Trinajstić information content (AvgIpc) is 3.60. The zero-order valence-electron chi connectivity index (χ0n) is 20.0. The van der Waals surface area contributed by atoms with Crippen molar-refractivity contribution in [3.05, 3.63) is 35.9 Å². The molecular formula is C26H33N3O4. The number of fused-ring (bicyclic) bond motifs is 1. The van der Waals surface area contributed by atoms with E-state index in [0.29, 0.717) is 11.9 Å². The number of rotatable bonds is 8. The van der Waals surface area contributed by atoms with E-state index in [1.54, 1.807) is 21.3 Å². The molecule has 2 aliphatic rings. The Morgan fingerprint density at radius 3 is 2.30 bits per heavy atom. The third-order valence-corrected chi connectivity index (χ3v) is 6.77. The van der Waals surface area contributed by atoms with Gasteiger partial charge in [0.15, 0.2) is 0 Å².